The number of carbonyl (C=O) groups is 1. The minimum absolute atomic E-state index is 0.0682. The number of carbonyl (C=O) groups excluding carboxylic acids is 1. The number of esters is 1. The number of hydrogen-bond donors (Lipinski definition) is 1. The van der Waals surface area contributed by atoms with E-state index in [1.54, 1.807) is 18.4 Å². The van der Waals surface area contributed by atoms with Crippen LogP contribution >= 0.6 is 11.3 Å². The third-order valence-electron chi connectivity index (χ3n) is 8.13. The number of ether oxygens (including phenoxy) is 3. The van der Waals surface area contributed by atoms with Gasteiger partial charge in [-0.2, -0.15) is 0 Å². The molecular formula is C29H33N3O4S. The van der Waals surface area contributed by atoms with Crippen molar-refractivity contribution in [2.75, 3.05) is 38.8 Å². The van der Waals surface area contributed by atoms with Crippen LogP contribution in [0.15, 0.2) is 41.8 Å². The monoisotopic (exact) mass is 519 g/mol. The molecule has 7 nitrogen and oxygen atoms in total. The van der Waals surface area contributed by atoms with Crippen molar-refractivity contribution in [2.45, 2.75) is 39.0 Å². The number of piperidine rings is 1. The van der Waals surface area contributed by atoms with Gasteiger partial charge in [-0.05, 0) is 61.1 Å². The summed E-state index contributed by atoms with van der Waals surface area (Å²) in [5, 5.41) is 6.42. The fraction of sp³-hybridized carbons (Fsp3) is 0.448. The number of nitrogens with one attached hydrogen (secondary N) is 1. The van der Waals surface area contributed by atoms with Crippen molar-refractivity contribution >= 4 is 22.4 Å². The molecule has 0 spiro atoms. The van der Waals surface area contributed by atoms with Gasteiger partial charge in [-0.25, -0.2) is 4.98 Å². The molecule has 37 heavy (non-hydrogen) atoms. The number of anilines is 1. The van der Waals surface area contributed by atoms with Crippen LogP contribution in [0.4, 0.5) is 5.13 Å². The van der Waals surface area contributed by atoms with Crippen molar-refractivity contribution in [1.82, 2.24) is 10.3 Å². The summed E-state index contributed by atoms with van der Waals surface area (Å²) in [4.78, 5) is 19.9. The van der Waals surface area contributed by atoms with E-state index < -0.39 is 5.41 Å². The number of methoxy groups -OCH3 is 2. The second-order valence-corrected chi connectivity index (χ2v) is 11.2. The smallest absolute Gasteiger partial charge is 0.314 e. The number of aryl methyl sites for hydroxylation is 1. The molecule has 0 amide bonds. The van der Waals surface area contributed by atoms with Crippen LogP contribution in [0.1, 0.15) is 28.7 Å². The fourth-order valence-electron chi connectivity index (χ4n) is 6.08. The topological polar surface area (TPSA) is 72.9 Å². The molecule has 3 atom stereocenters. The van der Waals surface area contributed by atoms with Gasteiger partial charge in [-0.3, -0.25) is 4.79 Å². The van der Waals surface area contributed by atoms with E-state index in [0.29, 0.717) is 13.2 Å². The standard InChI is InChI=1S/C29H33N3O4S/c1-18-4-7-25(36-15-19-5-6-21-13-30-9-8-20(21)11-19)23(10-18)24-17-37-28(31-24)32-14-22-12-29(22,27(33)35-3)26(32)16-34-2/h4-7,10-11,17,22,26,30H,8-9,12-16H2,1-3H3/t22-,26+,29+/m0/s1. The quantitative estimate of drug-likeness (QED) is 0.444. The van der Waals surface area contributed by atoms with Gasteiger partial charge in [0.1, 0.15) is 12.4 Å². The Morgan fingerprint density at radius 1 is 1.22 bits per heavy atom. The number of nitrogens with zero attached hydrogens (tertiary/aromatic N) is 2. The molecule has 1 saturated carbocycles. The predicted octanol–water partition coefficient (Wildman–Crippen LogP) is 4.36. The van der Waals surface area contributed by atoms with Gasteiger partial charge in [0.2, 0.25) is 0 Å². The number of hydrogen-bond acceptors (Lipinski definition) is 8. The summed E-state index contributed by atoms with van der Waals surface area (Å²) in [5.74, 6) is 0.981. The van der Waals surface area contributed by atoms with E-state index in [1.165, 1.54) is 23.8 Å². The molecule has 1 N–H and O–H groups in total. The van der Waals surface area contributed by atoms with Crippen molar-refractivity contribution in [3.63, 3.8) is 0 Å². The van der Waals surface area contributed by atoms with Crippen LogP contribution in [0.3, 0.4) is 0 Å². The summed E-state index contributed by atoms with van der Waals surface area (Å²) in [6.45, 7) is 5.82. The van der Waals surface area contributed by atoms with Crippen LogP contribution in [-0.4, -0.2) is 50.9 Å². The molecule has 194 valence electrons. The zero-order valence-electron chi connectivity index (χ0n) is 21.6. The molecule has 2 fully saturated rings. The lowest BCUT2D eigenvalue weighted by atomic mass is 9.97. The highest BCUT2D eigenvalue weighted by atomic mass is 32.1. The zero-order valence-corrected chi connectivity index (χ0v) is 22.4. The van der Waals surface area contributed by atoms with E-state index in [2.05, 4.69) is 52.9 Å². The van der Waals surface area contributed by atoms with Crippen LogP contribution in [0.25, 0.3) is 11.3 Å². The first-order chi connectivity index (χ1) is 18.0. The van der Waals surface area contributed by atoms with Crippen molar-refractivity contribution in [3.05, 3.63) is 64.0 Å². The van der Waals surface area contributed by atoms with Crippen LogP contribution in [-0.2, 0) is 33.8 Å². The Balaban J connectivity index is 1.24. The van der Waals surface area contributed by atoms with Crippen molar-refractivity contribution in [2.24, 2.45) is 11.3 Å². The molecule has 1 aliphatic carbocycles. The Bertz CT molecular complexity index is 1320. The lowest BCUT2D eigenvalue weighted by molar-refractivity contribution is -0.148. The molecule has 2 aliphatic heterocycles. The van der Waals surface area contributed by atoms with Gasteiger partial charge in [0.15, 0.2) is 5.13 Å². The maximum absolute atomic E-state index is 12.7. The van der Waals surface area contributed by atoms with Crippen LogP contribution < -0.4 is 15.0 Å². The highest BCUT2D eigenvalue weighted by molar-refractivity contribution is 7.14. The number of aromatic nitrogens is 1. The maximum Gasteiger partial charge on any atom is 0.314 e. The summed E-state index contributed by atoms with van der Waals surface area (Å²) in [7, 11) is 3.16. The molecule has 2 aromatic carbocycles. The van der Waals surface area contributed by atoms with Gasteiger partial charge in [0, 0.05) is 31.1 Å². The predicted molar refractivity (Wildman–Crippen MR) is 144 cm³/mol. The molecule has 6 rings (SSSR count). The lowest BCUT2D eigenvalue weighted by Gasteiger charge is -2.30. The van der Waals surface area contributed by atoms with E-state index >= 15 is 0 Å². The molecule has 3 aromatic rings. The largest absolute Gasteiger partial charge is 0.488 e. The van der Waals surface area contributed by atoms with Gasteiger partial charge in [0.25, 0.3) is 0 Å². The lowest BCUT2D eigenvalue weighted by Crippen LogP contribution is -2.44. The van der Waals surface area contributed by atoms with Crippen LogP contribution in [0.2, 0.25) is 0 Å². The first-order valence-electron chi connectivity index (χ1n) is 12.9. The zero-order chi connectivity index (χ0) is 25.6. The highest BCUT2D eigenvalue weighted by Gasteiger charge is 2.71. The van der Waals surface area contributed by atoms with E-state index in [9.17, 15) is 4.79 Å². The third kappa shape index (κ3) is 4.31. The number of rotatable bonds is 8. The van der Waals surface area contributed by atoms with Crippen molar-refractivity contribution in [1.29, 1.82) is 0 Å². The molecule has 1 saturated heterocycles. The summed E-state index contributed by atoms with van der Waals surface area (Å²) in [6, 6.07) is 12.8. The Hall–Kier alpha value is -2.94. The van der Waals surface area contributed by atoms with E-state index in [0.717, 1.165) is 60.2 Å². The molecule has 0 bridgehead atoms. The highest BCUT2D eigenvalue weighted by Crippen LogP contribution is 2.63. The average molecular weight is 520 g/mol. The Labute approximate surface area is 221 Å². The molecule has 0 unspecified atom stereocenters. The Morgan fingerprint density at radius 3 is 2.95 bits per heavy atom. The molecule has 3 heterocycles. The van der Waals surface area contributed by atoms with Crippen LogP contribution in [0, 0.1) is 18.3 Å². The first kappa shape index (κ1) is 24.4. The van der Waals surface area contributed by atoms with Crippen molar-refractivity contribution in [3.8, 4) is 17.0 Å². The van der Waals surface area contributed by atoms with Crippen molar-refractivity contribution < 1.29 is 19.0 Å². The second-order valence-electron chi connectivity index (χ2n) is 10.4. The van der Waals surface area contributed by atoms with Gasteiger partial charge in [0.05, 0.1) is 30.9 Å². The number of fused-ring (bicyclic) bond motifs is 2. The molecular weight excluding hydrogens is 486 g/mol. The number of thiazole rings is 1. The van der Waals surface area contributed by atoms with Gasteiger partial charge >= 0.3 is 5.97 Å². The van der Waals surface area contributed by atoms with E-state index in [4.69, 9.17) is 19.2 Å². The van der Waals surface area contributed by atoms with Crippen LogP contribution in [0.5, 0.6) is 5.75 Å². The second kappa shape index (κ2) is 9.74. The summed E-state index contributed by atoms with van der Waals surface area (Å²) < 4.78 is 17.1. The third-order valence-corrected chi connectivity index (χ3v) is 9.01. The SMILES string of the molecule is COC[C@H]1N(c2nc(-c3cc(C)ccc3OCc3ccc4c(c3)CCNC4)cs2)C[C@@H]2C[C@@]21C(=O)OC. The molecule has 8 heteroatoms. The fourth-order valence-corrected chi connectivity index (χ4v) is 6.97. The molecule has 1 aromatic heterocycles. The summed E-state index contributed by atoms with van der Waals surface area (Å²) in [6.07, 6.45) is 1.91. The summed E-state index contributed by atoms with van der Waals surface area (Å²) >= 11 is 1.60. The first-order valence-corrected chi connectivity index (χ1v) is 13.8. The van der Waals surface area contributed by atoms with Gasteiger partial charge in [-0.1, -0.05) is 29.8 Å². The van der Waals surface area contributed by atoms with Gasteiger partial charge < -0.3 is 24.4 Å². The average Bonchev–Trinajstić information content (AvgIpc) is 3.27. The Morgan fingerprint density at radius 2 is 2.11 bits per heavy atom. The normalized spacial score (nSPS) is 23.9. The van der Waals surface area contributed by atoms with E-state index in [-0.39, 0.29) is 17.9 Å². The minimum Gasteiger partial charge on any atom is -0.488 e. The maximum atomic E-state index is 12.7. The summed E-state index contributed by atoms with van der Waals surface area (Å²) in [5.41, 5.74) is 6.52. The Kier molecular flexibility index (Phi) is 6.42. The molecule has 3 aliphatic rings. The van der Waals surface area contributed by atoms with E-state index in [1.807, 2.05) is 6.07 Å². The minimum atomic E-state index is -0.473. The molecule has 0 radical (unpaired) electrons. The number of benzene rings is 2. The van der Waals surface area contributed by atoms with Gasteiger partial charge in [-0.15, -0.1) is 11.3 Å².